The quantitative estimate of drug-likeness (QED) is 0.896. The minimum Gasteiger partial charge on any atom is -0.495 e. The second kappa shape index (κ2) is 7.13. The smallest absolute Gasteiger partial charge is 0.137 e. The molecule has 2 rings (SSSR count). The molecule has 1 saturated heterocycles. The summed E-state index contributed by atoms with van der Waals surface area (Å²) in [6.07, 6.45) is 3.73. The highest BCUT2D eigenvalue weighted by Crippen LogP contribution is 2.32. The van der Waals surface area contributed by atoms with E-state index in [1.807, 2.05) is 12.1 Å². The van der Waals surface area contributed by atoms with Crippen LogP contribution in [0.25, 0.3) is 0 Å². The van der Waals surface area contributed by atoms with Crippen molar-refractivity contribution >= 4 is 11.6 Å². The molecule has 0 aliphatic carbocycles. The van der Waals surface area contributed by atoms with E-state index in [9.17, 15) is 0 Å². The molecular formula is C15H22ClNO2. The second-order valence-corrected chi connectivity index (χ2v) is 5.24. The Morgan fingerprint density at radius 1 is 1.47 bits per heavy atom. The van der Waals surface area contributed by atoms with Crippen molar-refractivity contribution in [1.29, 1.82) is 0 Å². The average Bonchev–Trinajstić information content (AvgIpc) is 2.46. The van der Waals surface area contributed by atoms with Gasteiger partial charge in [-0.2, -0.15) is 0 Å². The average molecular weight is 284 g/mol. The summed E-state index contributed by atoms with van der Waals surface area (Å²) in [5.74, 6) is 0.720. The first kappa shape index (κ1) is 14.6. The second-order valence-electron chi connectivity index (χ2n) is 4.83. The lowest BCUT2D eigenvalue weighted by Gasteiger charge is -2.31. The first-order valence-corrected chi connectivity index (χ1v) is 7.32. The summed E-state index contributed by atoms with van der Waals surface area (Å²) in [4.78, 5) is 0. The van der Waals surface area contributed by atoms with Crippen molar-refractivity contribution in [2.75, 3.05) is 20.3 Å². The first-order valence-electron chi connectivity index (χ1n) is 6.94. The zero-order chi connectivity index (χ0) is 13.7. The maximum Gasteiger partial charge on any atom is 0.137 e. The molecular weight excluding hydrogens is 262 g/mol. The Labute approximate surface area is 120 Å². The maximum atomic E-state index is 6.09. The lowest BCUT2D eigenvalue weighted by Crippen LogP contribution is -2.35. The lowest BCUT2D eigenvalue weighted by atomic mass is 9.95. The van der Waals surface area contributed by atoms with Crippen LogP contribution in [0.2, 0.25) is 5.02 Å². The number of nitrogens with one attached hydrogen (secondary N) is 1. The topological polar surface area (TPSA) is 30.5 Å². The van der Waals surface area contributed by atoms with Gasteiger partial charge in [-0.25, -0.2) is 0 Å². The normalized spacial score (nSPS) is 21.1. The molecule has 0 saturated carbocycles. The predicted octanol–water partition coefficient (Wildman–Crippen LogP) is 3.57. The van der Waals surface area contributed by atoms with Crippen LogP contribution in [0.4, 0.5) is 0 Å². The van der Waals surface area contributed by atoms with E-state index in [1.54, 1.807) is 7.11 Å². The molecule has 1 aromatic carbocycles. The van der Waals surface area contributed by atoms with E-state index in [0.29, 0.717) is 5.02 Å². The zero-order valence-corrected chi connectivity index (χ0v) is 12.4. The van der Waals surface area contributed by atoms with Crippen molar-refractivity contribution in [3.63, 3.8) is 0 Å². The third-order valence-corrected chi connectivity index (χ3v) is 3.86. The minimum absolute atomic E-state index is 0.205. The Hall–Kier alpha value is -0.770. The van der Waals surface area contributed by atoms with Gasteiger partial charge in [0.05, 0.1) is 24.3 Å². The Balaban J connectivity index is 2.22. The third-order valence-electron chi connectivity index (χ3n) is 3.55. The lowest BCUT2D eigenvalue weighted by molar-refractivity contribution is -0.00789. The SMILES string of the molecule is CCNC(c1ccc(Cl)c(OC)c1)C1CCCCO1. The fourth-order valence-electron chi connectivity index (χ4n) is 2.58. The van der Waals surface area contributed by atoms with Gasteiger partial charge >= 0.3 is 0 Å². The van der Waals surface area contributed by atoms with Gasteiger partial charge in [-0.05, 0) is 43.5 Å². The molecule has 1 fully saturated rings. The number of methoxy groups -OCH3 is 1. The van der Waals surface area contributed by atoms with E-state index < -0.39 is 0 Å². The summed E-state index contributed by atoms with van der Waals surface area (Å²) >= 11 is 6.09. The molecule has 1 N–H and O–H groups in total. The molecule has 1 aliphatic rings. The highest BCUT2D eigenvalue weighted by molar-refractivity contribution is 6.32. The van der Waals surface area contributed by atoms with Crippen LogP contribution >= 0.6 is 11.6 Å². The Morgan fingerprint density at radius 3 is 2.95 bits per heavy atom. The van der Waals surface area contributed by atoms with Crippen LogP contribution in [0, 0.1) is 0 Å². The van der Waals surface area contributed by atoms with Crippen molar-refractivity contribution in [1.82, 2.24) is 5.32 Å². The van der Waals surface area contributed by atoms with E-state index in [-0.39, 0.29) is 12.1 Å². The number of hydrogen-bond donors (Lipinski definition) is 1. The van der Waals surface area contributed by atoms with E-state index >= 15 is 0 Å². The third kappa shape index (κ3) is 3.62. The predicted molar refractivity (Wildman–Crippen MR) is 78.0 cm³/mol. The molecule has 0 radical (unpaired) electrons. The monoisotopic (exact) mass is 283 g/mol. The molecule has 2 atom stereocenters. The van der Waals surface area contributed by atoms with Gasteiger partial charge in [-0.15, -0.1) is 0 Å². The Kier molecular flexibility index (Phi) is 5.49. The molecule has 0 bridgehead atoms. The van der Waals surface area contributed by atoms with Crippen molar-refractivity contribution in [3.05, 3.63) is 28.8 Å². The first-order chi connectivity index (χ1) is 9.26. The molecule has 106 valence electrons. The number of likely N-dealkylation sites (N-methyl/N-ethyl adjacent to an activating group) is 1. The maximum absolute atomic E-state index is 6.09. The fourth-order valence-corrected chi connectivity index (χ4v) is 2.78. The van der Waals surface area contributed by atoms with Crippen LogP contribution in [-0.2, 0) is 4.74 Å². The Morgan fingerprint density at radius 2 is 2.32 bits per heavy atom. The summed E-state index contributed by atoms with van der Waals surface area (Å²) in [5, 5.41) is 4.16. The number of rotatable bonds is 5. The molecule has 1 aliphatic heterocycles. The molecule has 4 heteroatoms. The number of benzene rings is 1. The summed E-state index contributed by atoms with van der Waals surface area (Å²) in [6.45, 7) is 3.88. The van der Waals surface area contributed by atoms with Crippen molar-refractivity contribution in [2.45, 2.75) is 38.3 Å². The molecule has 19 heavy (non-hydrogen) atoms. The van der Waals surface area contributed by atoms with Crippen LogP contribution in [0.3, 0.4) is 0 Å². The summed E-state index contributed by atoms with van der Waals surface area (Å²) in [6, 6.07) is 6.16. The molecule has 1 aromatic rings. The van der Waals surface area contributed by atoms with Crippen LogP contribution in [-0.4, -0.2) is 26.4 Å². The molecule has 2 unspecified atom stereocenters. The molecule has 3 nitrogen and oxygen atoms in total. The van der Waals surface area contributed by atoms with Gasteiger partial charge in [0.25, 0.3) is 0 Å². The molecule has 0 aromatic heterocycles. The largest absolute Gasteiger partial charge is 0.495 e. The van der Waals surface area contributed by atoms with Crippen LogP contribution < -0.4 is 10.1 Å². The van der Waals surface area contributed by atoms with Crippen molar-refractivity contribution in [3.8, 4) is 5.75 Å². The van der Waals surface area contributed by atoms with E-state index in [4.69, 9.17) is 21.1 Å². The minimum atomic E-state index is 0.205. The van der Waals surface area contributed by atoms with Crippen molar-refractivity contribution < 1.29 is 9.47 Å². The van der Waals surface area contributed by atoms with Gasteiger partial charge in [0.2, 0.25) is 0 Å². The number of ether oxygens (including phenoxy) is 2. The van der Waals surface area contributed by atoms with Gasteiger partial charge in [0, 0.05) is 6.61 Å². The summed E-state index contributed by atoms with van der Waals surface area (Å²) in [5.41, 5.74) is 1.18. The van der Waals surface area contributed by atoms with Crippen LogP contribution in [0.15, 0.2) is 18.2 Å². The molecule has 0 amide bonds. The summed E-state index contributed by atoms with van der Waals surface area (Å²) < 4.78 is 11.2. The van der Waals surface area contributed by atoms with Gasteiger partial charge < -0.3 is 14.8 Å². The van der Waals surface area contributed by atoms with E-state index in [1.165, 1.54) is 18.4 Å². The standard InChI is InChI=1S/C15H22ClNO2/c1-3-17-15(13-6-4-5-9-19-13)11-7-8-12(16)14(10-11)18-2/h7-8,10,13,15,17H,3-6,9H2,1-2H3. The zero-order valence-electron chi connectivity index (χ0n) is 11.6. The number of halogens is 1. The molecule has 1 heterocycles. The van der Waals surface area contributed by atoms with Crippen molar-refractivity contribution in [2.24, 2.45) is 0 Å². The highest BCUT2D eigenvalue weighted by Gasteiger charge is 2.25. The fraction of sp³-hybridized carbons (Fsp3) is 0.600. The van der Waals surface area contributed by atoms with Gasteiger partial charge in [0.15, 0.2) is 0 Å². The van der Waals surface area contributed by atoms with Gasteiger partial charge in [0.1, 0.15) is 5.75 Å². The van der Waals surface area contributed by atoms with E-state index in [2.05, 4.69) is 18.3 Å². The highest BCUT2D eigenvalue weighted by atomic mass is 35.5. The van der Waals surface area contributed by atoms with E-state index in [0.717, 1.165) is 25.3 Å². The van der Waals surface area contributed by atoms with Gasteiger partial charge in [-0.3, -0.25) is 0 Å². The molecule has 0 spiro atoms. The van der Waals surface area contributed by atoms with Gasteiger partial charge in [-0.1, -0.05) is 24.6 Å². The Bertz CT molecular complexity index is 405. The van der Waals surface area contributed by atoms with Crippen LogP contribution in [0.5, 0.6) is 5.75 Å². The summed E-state index contributed by atoms with van der Waals surface area (Å²) in [7, 11) is 1.64. The van der Waals surface area contributed by atoms with Crippen LogP contribution in [0.1, 0.15) is 37.8 Å². The number of hydrogen-bond acceptors (Lipinski definition) is 3.